The quantitative estimate of drug-likeness (QED) is 0.325. The van der Waals surface area contributed by atoms with E-state index in [1.807, 2.05) is 6.08 Å². The van der Waals surface area contributed by atoms with Crippen molar-refractivity contribution in [3.8, 4) is 0 Å². The van der Waals surface area contributed by atoms with Gasteiger partial charge < -0.3 is 14.8 Å². The molecule has 2 heterocycles. The largest absolute Gasteiger partial charge is 0.353 e. The monoisotopic (exact) mass is 432 g/mol. The Kier molecular flexibility index (Phi) is 9.20. The first kappa shape index (κ1) is 19.9. The lowest BCUT2D eigenvalue weighted by atomic mass is 10.00. The van der Waals surface area contributed by atoms with Crippen molar-refractivity contribution < 1.29 is 0 Å². The Balaban J connectivity index is 0.00000264. The molecule has 0 spiro atoms. The van der Waals surface area contributed by atoms with Gasteiger partial charge in [0.15, 0.2) is 5.96 Å². The van der Waals surface area contributed by atoms with E-state index in [0.29, 0.717) is 0 Å². The maximum absolute atomic E-state index is 4.77. The first-order valence-corrected chi connectivity index (χ1v) is 8.25. The van der Waals surface area contributed by atoms with Gasteiger partial charge in [-0.1, -0.05) is 19.9 Å². The Morgan fingerprint density at radius 2 is 2.22 bits per heavy atom. The fourth-order valence-electron chi connectivity index (χ4n) is 2.65. The molecule has 0 bridgehead atoms. The van der Waals surface area contributed by atoms with Crippen molar-refractivity contribution in [2.45, 2.75) is 39.7 Å². The Bertz CT molecular complexity index is 491. The summed E-state index contributed by atoms with van der Waals surface area (Å²) in [6.45, 7) is 12.7. The topological polar surface area (TPSA) is 58.3 Å². The van der Waals surface area contributed by atoms with Crippen molar-refractivity contribution in [3.63, 3.8) is 0 Å². The molecule has 1 N–H and O–H groups in total. The average Bonchev–Trinajstić information content (AvgIpc) is 2.99. The molecule has 1 aromatic rings. The van der Waals surface area contributed by atoms with Gasteiger partial charge in [0.2, 0.25) is 0 Å². The van der Waals surface area contributed by atoms with Gasteiger partial charge >= 0.3 is 0 Å². The molecule has 6 nitrogen and oxygen atoms in total. The van der Waals surface area contributed by atoms with Crippen LogP contribution < -0.4 is 5.32 Å². The first-order chi connectivity index (χ1) is 10.7. The molecule has 1 aliphatic rings. The number of halogens is 1. The van der Waals surface area contributed by atoms with E-state index in [0.717, 1.165) is 56.8 Å². The minimum absolute atomic E-state index is 0. The lowest BCUT2D eigenvalue weighted by Gasteiger charge is -2.33. The molecule has 1 fully saturated rings. The van der Waals surface area contributed by atoms with Gasteiger partial charge in [-0.25, -0.2) is 0 Å². The van der Waals surface area contributed by atoms with Crippen LogP contribution in [0, 0.1) is 5.92 Å². The van der Waals surface area contributed by atoms with E-state index in [4.69, 9.17) is 4.99 Å². The number of guanidine groups is 1. The molecule has 7 heteroatoms. The third kappa shape index (κ3) is 6.12. The number of aliphatic imine (C=N–C) groups is 1. The fourth-order valence-corrected chi connectivity index (χ4v) is 2.65. The highest BCUT2D eigenvalue weighted by atomic mass is 127. The van der Waals surface area contributed by atoms with Crippen molar-refractivity contribution in [1.82, 2.24) is 25.0 Å². The summed E-state index contributed by atoms with van der Waals surface area (Å²) in [6.07, 6.45) is 7.03. The molecule has 0 radical (unpaired) electrons. The molecule has 0 atom stereocenters. The smallest absolute Gasteiger partial charge is 0.194 e. The summed E-state index contributed by atoms with van der Waals surface area (Å²) < 4.78 is 2.08. The zero-order valence-corrected chi connectivity index (χ0v) is 16.6. The van der Waals surface area contributed by atoms with E-state index in [2.05, 4.69) is 45.4 Å². The number of hydrogen-bond acceptors (Lipinski definition) is 3. The van der Waals surface area contributed by atoms with Gasteiger partial charge in [0.25, 0.3) is 0 Å². The summed E-state index contributed by atoms with van der Waals surface area (Å²) in [5, 5.41) is 11.4. The summed E-state index contributed by atoms with van der Waals surface area (Å²) in [4.78, 5) is 7.13. The van der Waals surface area contributed by atoms with Gasteiger partial charge in [-0.15, -0.1) is 40.8 Å². The maximum Gasteiger partial charge on any atom is 0.194 e. The van der Waals surface area contributed by atoms with Gasteiger partial charge in [-0.3, -0.25) is 4.99 Å². The van der Waals surface area contributed by atoms with Crippen LogP contribution in [-0.4, -0.2) is 51.8 Å². The number of rotatable bonds is 6. The summed E-state index contributed by atoms with van der Waals surface area (Å²) in [6, 6.07) is 0. The number of nitrogens with one attached hydrogen (secondary N) is 1. The molecule has 0 aromatic carbocycles. The van der Waals surface area contributed by atoms with Gasteiger partial charge in [-0.2, -0.15) is 0 Å². The maximum atomic E-state index is 4.77. The Hall–Kier alpha value is -1.12. The number of aryl methyl sites for hydroxylation is 1. The molecule has 23 heavy (non-hydrogen) atoms. The molecular weight excluding hydrogens is 403 g/mol. The Labute approximate surface area is 156 Å². The molecule has 0 unspecified atom stereocenters. The summed E-state index contributed by atoms with van der Waals surface area (Å²) in [7, 11) is 0. The van der Waals surface area contributed by atoms with Gasteiger partial charge in [0.1, 0.15) is 12.2 Å². The second-order valence-electron chi connectivity index (χ2n) is 5.84. The minimum Gasteiger partial charge on any atom is -0.353 e. The van der Waals surface area contributed by atoms with Crippen molar-refractivity contribution in [1.29, 1.82) is 0 Å². The zero-order chi connectivity index (χ0) is 15.8. The van der Waals surface area contributed by atoms with E-state index in [9.17, 15) is 0 Å². The number of likely N-dealkylation sites (tertiary alicyclic amines) is 1. The van der Waals surface area contributed by atoms with Crippen LogP contribution in [0.5, 0.6) is 0 Å². The van der Waals surface area contributed by atoms with Crippen LogP contribution in [-0.2, 0) is 13.0 Å². The second-order valence-corrected chi connectivity index (χ2v) is 5.84. The number of piperidine rings is 1. The van der Waals surface area contributed by atoms with E-state index >= 15 is 0 Å². The highest BCUT2D eigenvalue weighted by Crippen LogP contribution is 2.15. The molecular formula is C16H29IN6. The highest BCUT2D eigenvalue weighted by Gasteiger charge is 2.18. The summed E-state index contributed by atoms with van der Waals surface area (Å²) in [5.74, 6) is 2.83. The summed E-state index contributed by atoms with van der Waals surface area (Å²) >= 11 is 0. The number of hydrogen-bond donors (Lipinski definition) is 1. The van der Waals surface area contributed by atoms with Gasteiger partial charge in [0.05, 0.1) is 6.54 Å². The van der Waals surface area contributed by atoms with Crippen molar-refractivity contribution in [2.75, 3.05) is 26.2 Å². The lowest BCUT2D eigenvalue weighted by Crippen LogP contribution is -2.45. The van der Waals surface area contributed by atoms with Crippen LogP contribution in [0.4, 0.5) is 0 Å². The number of aromatic nitrogens is 3. The molecule has 130 valence electrons. The third-order valence-electron chi connectivity index (χ3n) is 4.10. The average molecular weight is 432 g/mol. The molecule has 0 saturated carbocycles. The van der Waals surface area contributed by atoms with Crippen LogP contribution in [0.1, 0.15) is 32.5 Å². The van der Waals surface area contributed by atoms with Crippen LogP contribution in [0.2, 0.25) is 0 Å². The standard InChI is InChI=1S/C16H28N6.HI/c1-4-8-17-16(21-10-6-14(3)7-11-21)18-9-12-22-13-19-20-15(22)5-2;/h4,13-14H,1,5-12H2,2-3H3,(H,17,18);1H. The van der Waals surface area contributed by atoms with Crippen LogP contribution in [0.3, 0.4) is 0 Å². The normalized spacial score (nSPS) is 16.1. The van der Waals surface area contributed by atoms with Crippen molar-refractivity contribution >= 4 is 29.9 Å². The van der Waals surface area contributed by atoms with Gasteiger partial charge in [0, 0.05) is 32.6 Å². The van der Waals surface area contributed by atoms with E-state index < -0.39 is 0 Å². The number of nitrogens with zero attached hydrogens (tertiary/aromatic N) is 5. The van der Waals surface area contributed by atoms with Crippen LogP contribution in [0.25, 0.3) is 0 Å². The van der Waals surface area contributed by atoms with E-state index in [1.165, 1.54) is 12.8 Å². The molecule has 2 rings (SSSR count). The van der Waals surface area contributed by atoms with Crippen LogP contribution in [0.15, 0.2) is 24.0 Å². The third-order valence-corrected chi connectivity index (χ3v) is 4.10. The SMILES string of the molecule is C=CCNC(=NCCn1cnnc1CC)N1CCC(C)CC1.I. The van der Waals surface area contributed by atoms with E-state index in [-0.39, 0.29) is 24.0 Å². The van der Waals surface area contributed by atoms with Crippen molar-refractivity contribution in [2.24, 2.45) is 10.9 Å². The molecule has 0 amide bonds. The second kappa shape index (κ2) is 10.6. The van der Waals surface area contributed by atoms with Gasteiger partial charge in [-0.05, 0) is 18.8 Å². The molecule has 1 aromatic heterocycles. The predicted octanol–water partition coefficient (Wildman–Crippen LogP) is 2.32. The first-order valence-electron chi connectivity index (χ1n) is 8.25. The molecule has 0 aliphatic carbocycles. The lowest BCUT2D eigenvalue weighted by molar-refractivity contribution is 0.273. The Morgan fingerprint density at radius 3 is 2.87 bits per heavy atom. The van der Waals surface area contributed by atoms with Crippen molar-refractivity contribution in [3.05, 3.63) is 24.8 Å². The Morgan fingerprint density at radius 1 is 1.48 bits per heavy atom. The highest BCUT2D eigenvalue weighted by molar-refractivity contribution is 14.0. The fraction of sp³-hybridized carbons (Fsp3) is 0.688. The zero-order valence-electron chi connectivity index (χ0n) is 14.2. The molecule has 1 aliphatic heterocycles. The summed E-state index contributed by atoms with van der Waals surface area (Å²) in [5.41, 5.74) is 0. The van der Waals surface area contributed by atoms with Crippen LogP contribution >= 0.6 is 24.0 Å². The molecule has 1 saturated heterocycles. The predicted molar refractivity (Wildman–Crippen MR) is 105 cm³/mol. The van der Waals surface area contributed by atoms with E-state index in [1.54, 1.807) is 6.33 Å². The minimum atomic E-state index is 0.